The van der Waals surface area contributed by atoms with Crippen LogP contribution >= 0.6 is 15.9 Å². The molecule has 0 bridgehead atoms. The van der Waals surface area contributed by atoms with Crippen LogP contribution in [0.25, 0.3) is 22.8 Å². The molecule has 0 saturated carbocycles. The van der Waals surface area contributed by atoms with Gasteiger partial charge in [-0.1, -0.05) is 39.3 Å². The molecule has 4 nitrogen and oxygen atoms in total. The Morgan fingerprint density at radius 3 is 2.76 bits per heavy atom. The highest BCUT2D eigenvalue weighted by atomic mass is 79.9. The number of nitrogens with two attached hydrogens (primary N) is 1. The molecule has 1 heterocycles. The molecule has 0 radical (unpaired) electrons. The lowest BCUT2D eigenvalue weighted by molar-refractivity contribution is 0.430. The standard InChI is InChI=1S/C15H11BrFN3O/c1-8-5-6-9(7-10(8)16)14-19-15(21-20-14)13-11(17)3-2-4-12(13)18/h2-7H,18H2,1H3. The fourth-order valence-electron chi connectivity index (χ4n) is 1.94. The van der Waals surface area contributed by atoms with Gasteiger partial charge in [0.2, 0.25) is 5.82 Å². The molecule has 106 valence electrons. The fraction of sp³-hybridized carbons (Fsp3) is 0.0667. The van der Waals surface area contributed by atoms with Gasteiger partial charge < -0.3 is 10.3 Å². The van der Waals surface area contributed by atoms with Crippen molar-refractivity contribution >= 4 is 21.6 Å². The lowest BCUT2D eigenvalue weighted by Crippen LogP contribution is -1.93. The molecule has 0 aliphatic rings. The monoisotopic (exact) mass is 347 g/mol. The number of hydrogen-bond acceptors (Lipinski definition) is 4. The highest BCUT2D eigenvalue weighted by Gasteiger charge is 2.17. The molecule has 0 unspecified atom stereocenters. The zero-order valence-electron chi connectivity index (χ0n) is 11.1. The van der Waals surface area contributed by atoms with Crippen molar-refractivity contribution in [3.8, 4) is 22.8 Å². The molecule has 0 fully saturated rings. The van der Waals surface area contributed by atoms with Gasteiger partial charge in [0, 0.05) is 15.7 Å². The summed E-state index contributed by atoms with van der Waals surface area (Å²) in [5.41, 5.74) is 8.03. The first-order valence-corrected chi connectivity index (χ1v) is 7.00. The maximum absolute atomic E-state index is 13.8. The smallest absolute Gasteiger partial charge is 0.263 e. The van der Waals surface area contributed by atoms with Gasteiger partial charge in [0.15, 0.2) is 0 Å². The number of aryl methyl sites for hydroxylation is 1. The summed E-state index contributed by atoms with van der Waals surface area (Å²) in [6.07, 6.45) is 0. The van der Waals surface area contributed by atoms with Gasteiger partial charge in [-0.25, -0.2) is 4.39 Å². The van der Waals surface area contributed by atoms with Crippen molar-refractivity contribution in [3.63, 3.8) is 0 Å². The van der Waals surface area contributed by atoms with E-state index in [9.17, 15) is 4.39 Å². The van der Waals surface area contributed by atoms with Crippen LogP contribution < -0.4 is 5.73 Å². The topological polar surface area (TPSA) is 64.9 Å². The van der Waals surface area contributed by atoms with E-state index in [4.69, 9.17) is 10.3 Å². The third kappa shape index (κ3) is 2.54. The minimum atomic E-state index is -0.490. The van der Waals surface area contributed by atoms with Crippen LogP contribution in [0.1, 0.15) is 5.56 Å². The minimum absolute atomic E-state index is 0.0669. The van der Waals surface area contributed by atoms with Crippen LogP contribution in [0.4, 0.5) is 10.1 Å². The zero-order chi connectivity index (χ0) is 15.0. The van der Waals surface area contributed by atoms with Crippen LogP contribution in [0.3, 0.4) is 0 Å². The Morgan fingerprint density at radius 1 is 1.24 bits per heavy atom. The Morgan fingerprint density at radius 2 is 2.05 bits per heavy atom. The summed E-state index contributed by atoms with van der Waals surface area (Å²) < 4.78 is 19.9. The Balaban J connectivity index is 2.06. The van der Waals surface area contributed by atoms with E-state index in [1.54, 1.807) is 6.07 Å². The van der Waals surface area contributed by atoms with Gasteiger partial charge in [0.25, 0.3) is 5.89 Å². The highest BCUT2D eigenvalue weighted by Crippen LogP contribution is 2.30. The van der Waals surface area contributed by atoms with E-state index in [0.29, 0.717) is 5.82 Å². The van der Waals surface area contributed by atoms with Gasteiger partial charge in [0.1, 0.15) is 5.82 Å². The lowest BCUT2D eigenvalue weighted by Gasteiger charge is -2.01. The van der Waals surface area contributed by atoms with Gasteiger partial charge in [-0.05, 0) is 30.7 Å². The summed E-state index contributed by atoms with van der Waals surface area (Å²) in [4.78, 5) is 4.22. The van der Waals surface area contributed by atoms with Gasteiger partial charge in [-0.15, -0.1) is 0 Å². The first kappa shape index (κ1) is 13.8. The second-order valence-electron chi connectivity index (χ2n) is 4.59. The number of rotatable bonds is 2. The summed E-state index contributed by atoms with van der Waals surface area (Å²) in [5, 5.41) is 3.89. The number of hydrogen-bond donors (Lipinski definition) is 1. The second kappa shape index (κ2) is 5.29. The average Bonchev–Trinajstić information content (AvgIpc) is 2.91. The number of aromatic nitrogens is 2. The maximum Gasteiger partial charge on any atom is 0.263 e. The molecule has 2 aromatic carbocycles. The average molecular weight is 348 g/mol. The van der Waals surface area contributed by atoms with E-state index in [0.717, 1.165) is 15.6 Å². The first-order valence-electron chi connectivity index (χ1n) is 6.21. The van der Waals surface area contributed by atoms with Crippen LogP contribution in [-0.2, 0) is 0 Å². The molecule has 0 atom stereocenters. The van der Waals surface area contributed by atoms with E-state index >= 15 is 0 Å². The first-order chi connectivity index (χ1) is 10.1. The molecule has 0 amide bonds. The van der Waals surface area contributed by atoms with E-state index in [1.807, 2.05) is 25.1 Å². The van der Waals surface area contributed by atoms with Gasteiger partial charge >= 0.3 is 0 Å². The number of anilines is 1. The van der Waals surface area contributed by atoms with E-state index in [2.05, 4.69) is 26.1 Å². The molecular formula is C15H11BrFN3O. The number of benzene rings is 2. The van der Waals surface area contributed by atoms with Crippen molar-refractivity contribution in [2.45, 2.75) is 6.92 Å². The summed E-state index contributed by atoms with van der Waals surface area (Å²) in [7, 11) is 0. The molecule has 3 aromatic rings. The third-order valence-corrected chi connectivity index (χ3v) is 3.97. The number of nitrogen functional groups attached to an aromatic ring is 1. The van der Waals surface area contributed by atoms with Crippen molar-refractivity contribution < 1.29 is 8.91 Å². The minimum Gasteiger partial charge on any atom is -0.398 e. The quantitative estimate of drug-likeness (QED) is 0.705. The van der Waals surface area contributed by atoms with Gasteiger partial charge in [0.05, 0.1) is 5.56 Å². The van der Waals surface area contributed by atoms with Crippen molar-refractivity contribution in [1.29, 1.82) is 0 Å². The Hall–Kier alpha value is -2.21. The van der Waals surface area contributed by atoms with Crippen molar-refractivity contribution in [2.24, 2.45) is 0 Å². The van der Waals surface area contributed by atoms with Crippen LogP contribution in [0, 0.1) is 12.7 Å². The molecule has 0 aliphatic carbocycles. The van der Waals surface area contributed by atoms with E-state index in [-0.39, 0.29) is 17.1 Å². The Labute approximate surface area is 128 Å². The third-order valence-electron chi connectivity index (χ3n) is 3.12. The predicted octanol–water partition coefficient (Wildman–Crippen LogP) is 4.20. The van der Waals surface area contributed by atoms with Crippen LogP contribution in [0.2, 0.25) is 0 Å². The van der Waals surface area contributed by atoms with Crippen molar-refractivity contribution in [3.05, 3.63) is 52.3 Å². The number of nitrogens with zero attached hydrogens (tertiary/aromatic N) is 2. The predicted molar refractivity (Wildman–Crippen MR) is 82.0 cm³/mol. The second-order valence-corrected chi connectivity index (χ2v) is 5.45. The van der Waals surface area contributed by atoms with Crippen LogP contribution in [-0.4, -0.2) is 10.1 Å². The van der Waals surface area contributed by atoms with E-state index < -0.39 is 5.82 Å². The zero-order valence-corrected chi connectivity index (χ0v) is 12.7. The van der Waals surface area contributed by atoms with Crippen molar-refractivity contribution in [2.75, 3.05) is 5.73 Å². The highest BCUT2D eigenvalue weighted by molar-refractivity contribution is 9.10. The maximum atomic E-state index is 13.8. The Kier molecular flexibility index (Phi) is 3.47. The van der Waals surface area contributed by atoms with Crippen LogP contribution in [0.5, 0.6) is 0 Å². The van der Waals surface area contributed by atoms with Crippen LogP contribution in [0.15, 0.2) is 45.4 Å². The summed E-state index contributed by atoms with van der Waals surface area (Å²) in [5.74, 6) is -0.0408. The van der Waals surface area contributed by atoms with Gasteiger partial charge in [-0.2, -0.15) is 4.98 Å². The molecule has 0 saturated heterocycles. The normalized spacial score (nSPS) is 10.8. The number of halogens is 2. The summed E-state index contributed by atoms with van der Waals surface area (Å²) >= 11 is 3.45. The molecular weight excluding hydrogens is 337 g/mol. The molecule has 0 aliphatic heterocycles. The van der Waals surface area contributed by atoms with Crippen molar-refractivity contribution in [1.82, 2.24) is 10.1 Å². The van der Waals surface area contributed by atoms with Gasteiger partial charge in [-0.3, -0.25) is 0 Å². The molecule has 21 heavy (non-hydrogen) atoms. The molecule has 2 N–H and O–H groups in total. The largest absolute Gasteiger partial charge is 0.398 e. The SMILES string of the molecule is Cc1ccc(-c2noc(-c3c(N)cccc3F)n2)cc1Br. The molecule has 1 aromatic heterocycles. The summed E-state index contributed by atoms with van der Waals surface area (Å²) in [6, 6.07) is 10.1. The van der Waals surface area contributed by atoms with E-state index in [1.165, 1.54) is 12.1 Å². The molecule has 6 heteroatoms. The Bertz CT molecular complexity index is 796. The lowest BCUT2D eigenvalue weighted by atomic mass is 10.1. The fourth-order valence-corrected chi connectivity index (χ4v) is 2.32. The summed E-state index contributed by atoms with van der Waals surface area (Å²) in [6.45, 7) is 1.98. The molecule has 3 rings (SSSR count). The molecule has 0 spiro atoms.